The highest BCUT2D eigenvalue weighted by Crippen LogP contribution is 2.62. The molecule has 0 bridgehead atoms. The maximum atomic E-state index is 2.33. The van der Waals surface area contributed by atoms with E-state index < -0.39 is 0 Å². The molecule has 0 fully saturated rings. The van der Waals surface area contributed by atoms with Crippen LogP contribution in [-0.4, -0.2) is 35.5 Å². The summed E-state index contributed by atoms with van der Waals surface area (Å²) in [6, 6.07) is 9.31. The zero-order valence-corrected chi connectivity index (χ0v) is 37.5. The Balaban J connectivity index is 0.876. The molecular weight excluding hydrogens is 873 g/mol. The van der Waals surface area contributed by atoms with Gasteiger partial charge in [-0.15, -0.1) is 94.1 Å². The minimum absolute atomic E-state index is 1.01. The fraction of sp³-hybridized carbons (Fsp3) is 0.267. The third-order valence-corrected chi connectivity index (χ3v) is 28.2. The molecule has 0 saturated heterocycles. The highest BCUT2D eigenvalue weighted by molar-refractivity contribution is 8.43. The second-order valence-corrected chi connectivity index (χ2v) is 28.8. The van der Waals surface area contributed by atoms with Crippen molar-refractivity contribution in [1.29, 1.82) is 0 Å². The molecule has 0 spiro atoms. The zero-order valence-electron chi connectivity index (χ0n) is 24.4. The molecule has 0 amide bonds. The fourth-order valence-corrected chi connectivity index (χ4v) is 26.0. The summed E-state index contributed by atoms with van der Waals surface area (Å²) >= 11 is 31.4. The quantitative estimate of drug-likeness (QED) is 0.219. The van der Waals surface area contributed by atoms with Crippen LogP contribution in [0.1, 0.15) is 11.1 Å². The average molecular weight is 900 g/mol. The third kappa shape index (κ3) is 10.0. The molecule has 6 aliphatic rings. The summed E-state index contributed by atoms with van der Waals surface area (Å²) in [5.74, 6) is 6.98. The van der Waals surface area contributed by atoms with Crippen LogP contribution in [0.3, 0.4) is 0 Å². The van der Waals surface area contributed by atoms with E-state index in [1.54, 1.807) is 0 Å². The van der Waals surface area contributed by atoms with Gasteiger partial charge in [0, 0.05) is 34.5 Å². The summed E-state index contributed by atoms with van der Waals surface area (Å²) in [7, 11) is 0. The van der Waals surface area contributed by atoms with Crippen LogP contribution in [0.2, 0.25) is 0 Å². The van der Waals surface area contributed by atoms with Gasteiger partial charge in [-0.05, 0) is 47.9 Å². The lowest BCUT2D eigenvalue weighted by molar-refractivity contribution is 1.35. The molecule has 0 saturated carbocycles. The summed E-state index contributed by atoms with van der Waals surface area (Å²) < 4.78 is 17.4. The van der Waals surface area contributed by atoms with Crippen molar-refractivity contribution >= 4 is 188 Å². The van der Waals surface area contributed by atoms with Crippen LogP contribution in [0.15, 0.2) is 99.4 Å². The van der Waals surface area contributed by atoms with E-state index in [1.807, 2.05) is 188 Å². The maximum Gasteiger partial charge on any atom is 0.0663 e. The lowest BCUT2D eigenvalue weighted by atomic mass is 10.2. The Labute approximate surface area is 341 Å². The minimum Gasteiger partial charge on any atom is -0.121 e. The highest BCUT2D eigenvalue weighted by Gasteiger charge is 2.27. The predicted molar refractivity (Wildman–Crippen MR) is 247 cm³/mol. The van der Waals surface area contributed by atoms with E-state index in [0.29, 0.717) is 0 Å². The van der Waals surface area contributed by atoms with E-state index in [9.17, 15) is 0 Å². The molecule has 1 aromatic rings. The Morgan fingerprint density at radius 3 is 1.09 bits per heavy atom. The van der Waals surface area contributed by atoms with Crippen molar-refractivity contribution in [2.45, 2.75) is 11.5 Å². The molecule has 0 atom stereocenters. The Hall–Kier alpha value is 2.74. The van der Waals surface area contributed by atoms with Gasteiger partial charge in [-0.25, -0.2) is 0 Å². The van der Waals surface area contributed by atoms with Gasteiger partial charge >= 0.3 is 0 Å². The first kappa shape index (κ1) is 37.1. The van der Waals surface area contributed by atoms with Gasteiger partial charge in [-0.1, -0.05) is 118 Å². The van der Waals surface area contributed by atoms with Crippen molar-refractivity contribution in [3.63, 3.8) is 0 Å². The van der Waals surface area contributed by atoms with Crippen LogP contribution in [0.5, 0.6) is 0 Å². The molecule has 242 valence electrons. The van der Waals surface area contributed by atoms with Crippen LogP contribution >= 0.6 is 188 Å². The van der Waals surface area contributed by atoms with Crippen LogP contribution < -0.4 is 0 Å². The van der Waals surface area contributed by atoms with Crippen molar-refractivity contribution in [3.8, 4) is 0 Å². The number of benzene rings is 1. The number of hydrogen-bond donors (Lipinski definition) is 0. The van der Waals surface area contributed by atoms with E-state index >= 15 is 0 Å². The largest absolute Gasteiger partial charge is 0.121 e. The van der Waals surface area contributed by atoms with Gasteiger partial charge in [0.2, 0.25) is 0 Å². The minimum atomic E-state index is 1.01. The number of rotatable bonds is 10. The van der Waals surface area contributed by atoms with E-state index in [4.69, 9.17) is 0 Å². The molecule has 46 heavy (non-hydrogen) atoms. The first-order chi connectivity index (χ1) is 22.6. The molecule has 1 aromatic carbocycles. The molecule has 0 aromatic heterocycles. The number of thioether (sulfide) groups is 16. The lowest BCUT2D eigenvalue weighted by Crippen LogP contribution is -1.88. The van der Waals surface area contributed by atoms with Gasteiger partial charge in [0.05, 0.1) is 50.8 Å². The van der Waals surface area contributed by atoms with Crippen molar-refractivity contribution in [3.05, 3.63) is 111 Å². The average Bonchev–Trinajstić information content (AvgIpc) is 3.88. The third-order valence-electron chi connectivity index (χ3n) is 6.16. The van der Waals surface area contributed by atoms with Crippen molar-refractivity contribution in [2.24, 2.45) is 0 Å². The van der Waals surface area contributed by atoms with Crippen LogP contribution in [0.4, 0.5) is 0 Å². The van der Waals surface area contributed by atoms with E-state index in [-0.39, 0.29) is 0 Å². The predicted octanol–water partition coefficient (Wildman–Crippen LogP) is 15.6. The monoisotopic (exact) mass is 898 g/mol. The Morgan fingerprint density at radius 1 is 0.457 bits per heavy atom. The second-order valence-electron chi connectivity index (χ2n) is 9.25. The smallest absolute Gasteiger partial charge is 0.0663 e. The number of allylic oxidation sites excluding steroid dienone is 4. The SMILES string of the molecule is CSC1=C(SCc2ccc(CSC3=C(SC)SC(=CC=C4SC5=C(SCCS5)S4)S3)cc2)SC(=CC=C2SC3=C(SCCS3)S2)S1. The van der Waals surface area contributed by atoms with Crippen molar-refractivity contribution in [2.75, 3.05) is 35.5 Å². The standard InChI is InChI=1S/C30H26S16/c1-31-23-25(41-19(39-23)7-9-21-43-27-28(44-21)34-12-11-33-27)37-15-17-3-5-18(6-4-17)16-38-26-24(32-2)40-20(42-26)8-10-22-45-29-30(46-22)36-14-13-35-29/h3-10H,11-16H2,1-2H3. The van der Waals surface area contributed by atoms with Crippen molar-refractivity contribution in [1.82, 2.24) is 0 Å². The lowest BCUT2D eigenvalue weighted by Gasteiger charge is -2.08. The highest BCUT2D eigenvalue weighted by atomic mass is 32.3. The van der Waals surface area contributed by atoms with Gasteiger partial charge in [0.15, 0.2) is 0 Å². The van der Waals surface area contributed by atoms with E-state index in [2.05, 4.69) is 61.1 Å². The van der Waals surface area contributed by atoms with Crippen LogP contribution in [0.25, 0.3) is 0 Å². The second kappa shape index (κ2) is 18.7. The Morgan fingerprint density at radius 2 is 0.761 bits per heavy atom. The molecule has 0 N–H and O–H groups in total. The van der Waals surface area contributed by atoms with Gasteiger partial charge < -0.3 is 0 Å². The van der Waals surface area contributed by atoms with E-state index in [1.165, 1.54) is 85.0 Å². The van der Waals surface area contributed by atoms with Gasteiger partial charge in [0.1, 0.15) is 0 Å². The number of hydrogen-bond acceptors (Lipinski definition) is 16. The molecular formula is C30H26S16. The zero-order chi connectivity index (χ0) is 31.3. The Kier molecular flexibility index (Phi) is 15.0. The van der Waals surface area contributed by atoms with Gasteiger partial charge in [0.25, 0.3) is 0 Å². The molecule has 0 nitrogen and oxygen atoms in total. The molecule has 0 aliphatic carbocycles. The van der Waals surface area contributed by atoms with Crippen molar-refractivity contribution < 1.29 is 0 Å². The summed E-state index contributed by atoms with van der Waals surface area (Å²) in [5.41, 5.74) is 2.79. The molecule has 0 radical (unpaired) electrons. The van der Waals surface area contributed by atoms with Gasteiger partial charge in [-0.2, -0.15) is 0 Å². The van der Waals surface area contributed by atoms with Crippen LogP contribution in [-0.2, 0) is 11.5 Å². The first-order valence-electron chi connectivity index (χ1n) is 13.8. The topological polar surface area (TPSA) is 0 Å². The summed E-state index contributed by atoms with van der Waals surface area (Å²) in [6.45, 7) is 0. The van der Waals surface area contributed by atoms with Crippen LogP contribution in [0, 0.1) is 0 Å². The Bertz CT molecular complexity index is 1450. The molecule has 16 heteroatoms. The first-order valence-corrected chi connectivity index (χ1v) is 28.7. The fourth-order valence-electron chi connectivity index (χ4n) is 4.04. The summed E-state index contributed by atoms with van der Waals surface area (Å²) in [4.78, 5) is 0. The molecule has 7 rings (SSSR count). The summed E-state index contributed by atoms with van der Waals surface area (Å²) in [5, 5.41) is 0. The van der Waals surface area contributed by atoms with Gasteiger partial charge in [-0.3, -0.25) is 0 Å². The maximum absolute atomic E-state index is 2.33. The molecule has 6 aliphatic heterocycles. The normalized spacial score (nSPS) is 23.5. The molecule has 6 heterocycles. The molecule has 0 unspecified atom stereocenters. The van der Waals surface area contributed by atoms with E-state index in [0.717, 1.165) is 11.5 Å². The summed E-state index contributed by atoms with van der Waals surface area (Å²) in [6.07, 6.45) is 13.7.